The van der Waals surface area contributed by atoms with Crippen molar-refractivity contribution in [2.45, 2.75) is 71.2 Å². The molecule has 1 aromatic rings. The van der Waals surface area contributed by atoms with Gasteiger partial charge in [-0.3, -0.25) is 14.9 Å². The first-order chi connectivity index (χ1) is 19.7. The molecule has 2 aliphatic carbocycles. The lowest BCUT2D eigenvalue weighted by Gasteiger charge is -2.22. The number of hydrogen-bond donors (Lipinski definition) is 0. The van der Waals surface area contributed by atoms with Crippen LogP contribution >= 0.6 is 0 Å². The maximum atomic E-state index is 13.1. The maximum absolute atomic E-state index is 13.1. The summed E-state index contributed by atoms with van der Waals surface area (Å²) in [5.41, 5.74) is 0.779. The van der Waals surface area contributed by atoms with Crippen molar-refractivity contribution < 1.29 is 33.5 Å². The van der Waals surface area contributed by atoms with Crippen molar-refractivity contribution in [3.05, 3.63) is 69.4 Å². The number of carbonyl (C=O) groups excluding carboxylic acids is 3. The second-order valence-electron chi connectivity index (χ2n) is 10.6. The summed E-state index contributed by atoms with van der Waals surface area (Å²) >= 11 is 0. The summed E-state index contributed by atoms with van der Waals surface area (Å²) < 4.78 is 17.2. The molecule has 0 radical (unpaired) electrons. The highest BCUT2D eigenvalue weighted by Gasteiger charge is 2.51. The highest BCUT2D eigenvalue weighted by Crippen LogP contribution is 2.43. The van der Waals surface area contributed by atoms with E-state index in [0.29, 0.717) is 30.4 Å². The molecule has 0 spiro atoms. The number of carbonyl (C=O) groups is 3. The molecular formula is C32H33NO8. The molecular weight excluding hydrogens is 526 g/mol. The Morgan fingerprint density at radius 3 is 2.59 bits per heavy atom. The summed E-state index contributed by atoms with van der Waals surface area (Å²) in [6.45, 7) is 5.51. The van der Waals surface area contributed by atoms with Crippen molar-refractivity contribution in [3.8, 4) is 23.7 Å². The molecule has 0 aromatic heterocycles. The van der Waals surface area contributed by atoms with Crippen LogP contribution in [0, 0.1) is 57.5 Å². The van der Waals surface area contributed by atoms with Gasteiger partial charge in [0.15, 0.2) is 6.10 Å². The third kappa shape index (κ3) is 7.24. The van der Waals surface area contributed by atoms with Gasteiger partial charge in [-0.05, 0) is 24.6 Å². The van der Waals surface area contributed by atoms with Crippen molar-refractivity contribution in [2.24, 2.45) is 23.7 Å². The second-order valence-corrected chi connectivity index (χ2v) is 10.6. The Labute approximate surface area is 239 Å². The van der Waals surface area contributed by atoms with Crippen molar-refractivity contribution >= 4 is 17.9 Å². The van der Waals surface area contributed by atoms with Crippen molar-refractivity contribution in [1.82, 2.24) is 0 Å². The largest absolute Gasteiger partial charge is 0.462 e. The Kier molecular flexibility index (Phi) is 9.62. The van der Waals surface area contributed by atoms with E-state index in [9.17, 15) is 24.5 Å². The van der Waals surface area contributed by atoms with Gasteiger partial charge < -0.3 is 14.2 Å². The quantitative estimate of drug-likeness (QED) is 0.156. The predicted molar refractivity (Wildman–Crippen MR) is 148 cm³/mol. The molecule has 41 heavy (non-hydrogen) atoms. The number of benzene rings is 1. The average molecular weight is 560 g/mol. The Morgan fingerprint density at radius 2 is 1.90 bits per heavy atom. The first-order valence-electron chi connectivity index (χ1n) is 13.9. The van der Waals surface area contributed by atoms with Gasteiger partial charge >= 0.3 is 17.9 Å². The summed E-state index contributed by atoms with van der Waals surface area (Å²) in [6, 6.07) is 8.63. The van der Waals surface area contributed by atoms with Crippen LogP contribution in [0.4, 0.5) is 0 Å². The first-order valence-corrected chi connectivity index (χ1v) is 13.9. The number of rotatable bonds is 7. The molecule has 1 unspecified atom stereocenters. The molecule has 9 heteroatoms. The smallest absolute Gasteiger partial charge is 0.338 e. The van der Waals surface area contributed by atoms with Crippen LogP contribution in [-0.2, 0) is 23.8 Å². The molecule has 1 aromatic carbocycles. The molecule has 4 rings (SSSR count). The summed E-state index contributed by atoms with van der Waals surface area (Å²) in [7, 11) is 0. The summed E-state index contributed by atoms with van der Waals surface area (Å²) in [4.78, 5) is 48.8. The third-order valence-corrected chi connectivity index (χ3v) is 7.59. The van der Waals surface area contributed by atoms with Gasteiger partial charge in [0.1, 0.15) is 12.2 Å². The lowest BCUT2D eigenvalue weighted by Crippen LogP contribution is -2.28. The second kappa shape index (κ2) is 13.3. The number of nitro groups is 1. The molecule has 214 valence electrons. The minimum Gasteiger partial charge on any atom is -0.462 e. The third-order valence-electron chi connectivity index (χ3n) is 7.59. The molecule has 3 aliphatic rings. The van der Waals surface area contributed by atoms with E-state index in [4.69, 9.17) is 14.2 Å². The lowest BCUT2D eigenvalue weighted by molar-refractivity contribution is -0.433. The predicted octanol–water partition coefficient (Wildman–Crippen LogP) is 4.65. The van der Waals surface area contributed by atoms with Gasteiger partial charge in [-0.15, -0.1) is 11.8 Å². The highest BCUT2D eigenvalue weighted by molar-refractivity contribution is 5.90. The maximum Gasteiger partial charge on any atom is 0.338 e. The van der Waals surface area contributed by atoms with Crippen LogP contribution in [0.15, 0.2) is 53.8 Å². The molecule has 0 bridgehead atoms. The van der Waals surface area contributed by atoms with Crippen LogP contribution < -0.4 is 0 Å². The Bertz CT molecular complexity index is 1370. The normalized spacial score (nSPS) is 25.9. The number of ether oxygens (including phenoxy) is 3. The zero-order chi connectivity index (χ0) is 29.5. The zero-order valence-corrected chi connectivity index (χ0v) is 23.3. The minimum absolute atomic E-state index is 0.0429. The Morgan fingerprint density at radius 1 is 1.15 bits per heavy atom. The van der Waals surface area contributed by atoms with Crippen molar-refractivity contribution in [1.29, 1.82) is 0 Å². The van der Waals surface area contributed by atoms with E-state index in [-0.39, 0.29) is 36.3 Å². The van der Waals surface area contributed by atoms with Gasteiger partial charge in [0, 0.05) is 42.7 Å². The molecule has 2 fully saturated rings. The molecule has 0 amide bonds. The fourth-order valence-corrected chi connectivity index (χ4v) is 5.33. The first kappa shape index (κ1) is 29.6. The SMILES string of the molecule is CCC#CC[C@H](C)[C@@H](C#C[C@@H]1C2CC(=O)O[C@H]2C[C@H]1OC(=O)c1ccccc1)OC(=O)C1=CC=C([N+](=O)[O-])[C@@H](C)C1. The molecule has 1 heterocycles. The van der Waals surface area contributed by atoms with Gasteiger partial charge in [0.25, 0.3) is 0 Å². The number of allylic oxidation sites excluding steroid dienone is 3. The number of hydrogen-bond acceptors (Lipinski definition) is 8. The molecule has 0 N–H and O–H groups in total. The van der Waals surface area contributed by atoms with Gasteiger partial charge in [-0.1, -0.05) is 50.8 Å². The number of nitrogens with zero attached hydrogens (tertiary/aromatic N) is 1. The van der Waals surface area contributed by atoms with Crippen LogP contribution in [0.5, 0.6) is 0 Å². The van der Waals surface area contributed by atoms with Crippen LogP contribution in [-0.4, -0.2) is 41.1 Å². The highest BCUT2D eigenvalue weighted by atomic mass is 16.6. The van der Waals surface area contributed by atoms with Gasteiger partial charge in [0.2, 0.25) is 5.70 Å². The molecule has 9 nitrogen and oxygen atoms in total. The summed E-state index contributed by atoms with van der Waals surface area (Å²) in [5, 5.41) is 11.2. The fraction of sp³-hybridized carbons (Fsp3) is 0.469. The van der Waals surface area contributed by atoms with E-state index >= 15 is 0 Å². The van der Waals surface area contributed by atoms with E-state index in [1.165, 1.54) is 12.2 Å². The van der Waals surface area contributed by atoms with Crippen molar-refractivity contribution in [2.75, 3.05) is 0 Å². The molecule has 7 atom stereocenters. The van der Waals surface area contributed by atoms with Gasteiger partial charge in [-0.2, -0.15) is 0 Å². The molecule has 1 aliphatic heterocycles. The van der Waals surface area contributed by atoms with E-state index < -0.39 is 47.0 Å². The van der Waals surface area contributed by atoms with Gasteiger partial charge in [0.05, 0.1) is 28.7 Å². The van der Waals surface area contributed by atoms with E-state index in [1.54, 1.807) is 37.3 Å². The standard InChI is InChI=1S/C32H33NO8/c1-4-5-7-10-20(2)27(40-32(36)23-13-15-26(33(37)38)21(3)17-23)16-14-24-25-18-30(34)39-29(25)19-28(24)41-31(35)22-11-8-6-9-12-22/h6,8-9,11-13,15,20-21,24-25,27-29H,4,10,17-19H2,1-3H3/t20-,21-,24+,25?,27+,28+,29-/m0/s1. The van der Waals surface area contributed by atoms with E-state index in [2.05, 4.69) is 23.7 Å². The minimum atomic E-state index is -0.840. The van der Waals surface area contributed by atoms with Crippen LogP contribution in [0.25, 0.3) is 0 Å². The zero-order valence-electron chi connectivity index (χ0n) is 23.3. The summed E-state index contributed by atoms with van der Waals surface area (Å²) in [6.07, 6.45) is 2.73. The fourth-order valence-electron chi connectivity index (χ4n) is 5.33. The van der Waals surface area contributed by atoms with E-state index in [1.807, 2.05) is 13.8 Å². The van der Waals surface area contributed by atoms with Gasteiger partial charge in [-0.25, -0.2) is 9.59 Å². The molecule has 1 saturated heterocycles. The topological polar surface area (TPSA) is 122 Å². The Hall–Kier alpha value is -4.37. The molecule has 1 saturated carbocycles. The van der Waals surface area contributed by atoms with Crippen LogP contribution in [0.2, 0.25) is 0 Å². The monoisotopic (exact) mass is 559 g/mol. The summed E-state index contributed by atoms with van der Waals surface area (Å²) in [5.74, 6) is 9.55. The van der Waals surface area contributed by atoms with Crippen molar-refractivity contribution in [3.63, 3.8) is 0 Å². The Balaban J connectivity index is 1.57. The number of fused-ring (bicyclic) bond motifs is 1. The number of esters is 3. The van der Waals surface area contributed by atoms with Crippen LogP contribution in [0.3, 0.4) is 0 Å². The average Bonchev–Trinajstić information content (AvgIpc) is 3.46. The lowest BCUT2D eigenvalue weighted by atomic mass is 9.91. The van der Waals surface area contributed by atoms with E-state index in [0.717, 1.165) is 0 Å². The van der Waals surface area contributed by atoms with Crippen LogP contribution in [0.1, 0.15) is 63.2 Å².